The van der Waals surface area contributed by atoms with Gasteiger partial charge in [-0.1, -0.05) is 35.2 Å². The second kappa shape index (κ2) is 6.16. The molecule has 6 nitrogen and oxygen atoms in total. The van der Waals surface area contributed by atoms with Crippen LogP contribution in [0.15, 0.2) is 33.9 Å². The lowest BCUT2D eigenvalue weighted by Crippen LogP contribution is -2.13. The summed E-state index contributed by atoms with van der Waals surface area (Å²) >= 11 is 12.1. The van der Waals surface area contributed by atoms with Crippen molar-refractivity contribution in [3.63, 3.8) is 0 Å². The van der Waals surface area contributed by atoms with Crippen molar-refractivity contribution in [2.45, 2.75) is 16.3 Å². The van der Waals surface area contributed by atoms with Crippen molar-refractivity contribution in [1.29, 1.82) is 0 Å². The Balaban J connectivity index is 2.62. The minimum Gasteiger partial charge on any atom is -0.423 e. The Morgan fingerprint density at radius 3 is 2.64 bits per heavy atom. The molecule has 1 aromatic heterocycles. The van der Waals surface area contributed by atoms with Gasteiger partial charge in [0.05, 0.1) is 10.5 Å². The summed E-state index contributed by atoms with van der Waals surface area (Å²) in [5, 5.41) is 7.24. The van der Waals surface area contributed by atoms with Crippen LogP contribution in [0, 0.1) is 12.0 Å². The maximum Gasteiger partial charge on any atom is 0.295 e. The van der Waals surface area contributed by atoms with Crippen molar-refractivity contribution in [2.24, 2.45) is 0 Å². The number of ether oxygens (including phenoxy) is 1. The van der Waals surface area contributed by atoms with Crippen LogP contribution in [0.25, 0.3) is 11.5 Å². The number of benzene rings is 1. The summed E-state index contributed by atoms with van der Waals surface area (Å²) in [6, 6.07) is 4.17. The van der Waals surface area contributed by atoms with E-state index in [9.17, 15) is 8.42 Å². The molecule has 0 aliphatic heterocycles. The maximum atomic E-state index is 11.9. The van der Waals surface area contributed by atoms with Crippen LogP contribution in [-0.2, 0) is 19.1 Å². The molecule has 116 valence electrons. The smallest absolute Gasteiger partial charge is 0.295 e. The highest BCUT2D eigenvalue weighted by Gasteiger charge is 2.31. The third kappa shape index (κ3) is 3.53. The molecule has 2 aromatic rings. The zero-order valence-corrected chi connectivity index (χ0v) is 13.8. The molecule has 0 unspecified atom stereocenters. The van der Waals surface area contributed by atoms with Gasteiger partial charge >= 0.3 is 0 Å². The maximum absolute atomic E-state index is 11.9. The van der Waals surface area contributed by atoms with Crippen LogP contribution in [0.3, 0.4) is 0 Å². The van der Waals surface area contributed by atoms with Crippen LogP contribution in [0.4, 0.5) is 0 Å². The molecule has 0 fully saturated rings. The fourth-order valence-corrected chi connectivity index (χ4v) is 2.84. The Morgan fingerprint density at radius 1 is 1.36 bits per heavy atom. The minimum absolute atomic E-state index is 0.00575. The van der Waals surface area contributed by atoms with Gasteiger partial charge in [-0.05, 0) is 12.1 Å². The average Bonchev–Trinajstić information content (AvgIpc) is 2.97. The number of alkyl halides is 2. The van der Waals surface area contributed by atoms with Crippen molar-refractivity contribution < 1.29 is 17.6 Å². The fraction of sp³-hybridized carbons (Fsp3) is 0.231. The van der Waals surface area contributed by atoms with Crippen molar-refractivity contribution in [2.75, 3.05) is 6.26 Å². The molecule has 0 aliphatic rings. The van der Waals surface area contributed by atoms with Crippen molar-refractivity contribution in [3.8, 4) is 23.5 Å². The molecule has 0 N–H and O–H groups in total. The third-order valence-corrected chi connectivity index (χ3v) is 4.33. The lowest BCUT2D eigenvalue weighted by Gasteiger charge is -2.18. The van der Waals surface area contributed by atoms with E-state index in [0.29, 0.717) is 0 Å². The van der Waals surface area contributed by atoms with E-state index in [1.165, 1.54) is 18.2 Å². The summed E-state index contributed by atoms with van der Waals surface area (Å²) in [6.07, 6.45) is 4.45. The molecule has 22 heavy (non-hydrogen) atoms. The fourth-order valence-electron chi connectivity index (χ4n) is 1.67. The average molecular weight is 361 g/mol. The second-order valence-electron chi connectivity index (χ2n) is 4.20. The zero-order valence-electron chi connectivity index (χ0n) is 11.5. The van der Waals surface area contributed by atoms with Gasteiger partial charge in [0.25, 0.3) is 4.52 Å². The highest BCUT2D eigenvalue weighted by atomic mass is 35.5. The molecule has 0 atom stereocenters. The highest BCUT2D eigenvalue weighted by molar-refractivity contribution is 7.90. The van der Waals surface area contributed by atoms with Gasteiger partial charge in [-0.3, -0.25) is 0 Å². The lowest BCUT2D eigenvalue weighted by molar-refractivity contribution is 0.206. The number of hydrogen-bond donors (Lipinski definition) is 0. The van der Waals surface area contributed by atoms with Crippen LogP contribution in [0.2, 0.25) is 0 Å². The molecule has 0 aliphatic carbocycles. The van der Waals surface area contributed by atoms with Gasteiger partial charge in [0.2, 0.25) is 12.3 Å². The van der Waals surface area contributed by atoms with Gasteiger partial charge in [-0.25, -0.2) is 8.42 Å². The number of halogens is 2. The van der Waals surface area contributed by atoms with Gasteiger partial charge in [0.1, 0.15) is 6.11 Å². The summed E-state index contributed by atoms with van der Waals surface area (Å²) in [7, 11) is -3.52. The quantitative estimate of drug-likeness (QED) is 0.615. The third-order valence-electron chi connectivity index (χ3n) is 2.59. The van der Waals surface area contributed by atoms with Crippen LogP contribution >= 0.6 is 23.2 Å². The first-order chi connectivity index (χ1) is 10.3. The molecule has 2 rings (SSSR count). The van der Waals surface area contributed by atoms with Crippen molar-refractivity contribution >= 4 is 33.0 Å². The summed E-state index contributed by atoms with van der Waals surface area (Å²) in [5.74, 6) is 2.51. The van der Waals surface area contributed by atoms with Crippen LogP contribution in [0.5, 0.6) is 0 Å². The van der Waals surface area contributed by atoms with Crippen LogP contribution in [-0.4, -0.2) is 24.9 Å². The van der Waals surface area contributed by atoms with Gasteiger partial charge in [-0.2, -0.15) is 0 Å². The number of hydrogen-bond acceptors (Lipinski definition) is 6. The summed E-state index contributed by atoms with van der Waals surface area (Å²) in [6.45, 7) is 1.56. The van der Waals surface area contributed by atoms with E-state index in [4.69, 9.17) is 32.4 Å². The molecule has 0 spiro atoms. The Kier molecular flexibility index (Phi) is 4.66. The molecule has 1 heterocycles. The molecule has 0 radical (unpaired) electrons. The van der Waals surface area contributed by atoms with E-state index in [-0.39, 0.29) is 21.9 Å². The van der Waals surface area contributed by atoms with E-state index in [2.05, 4.69) is 22.2 Å². The summed E-state index contributed by atoms with van der Waals surface area (Å²) < 4.78 is 32.1. The van der Waals surface area contributed by atoms with E-state index in [0.717, 1.165) is 12.6 Å². The first kappa shape index (κ1) is 16.6. The first-order valence-corrected chi connectivity index (χ1v) is 8.49. The monoisotopic (exact) mass is 360 g/mol. The number of rotatable bonds is 4. The van der Waals surface area contributed by atoms with E-state index < -0.39 is 14.4 Å². The standard InChI is InChI=1S/C13H10Cl2N2O4S/c1-3-6-21-13(14,15)9-4-5-11(22(2,18)19)10(7-9)12-17-16-8-20-12/h4-5,7-8H,1-2H3. The van der Waals surface area contributed by atoms with Crippen LogP contribution < -0.4 is 0 Å². The van der Waals surface area contributed by atoms with Gasteiger partial charge in [-0.15, -0.1) is 10.2 Å². The highest BCUT2D eigenvalue weighted by Crippen LogP contribution is 2.38. The summed E-state index contributed by atoms with van der Waals surface area (Å²) in [5.41, 5.74) is 0.454. The van der Waals surface area contributed by atoms with E-state index >= 15 is 0 Å². The topological polar surface area (TPSA) is 82.3 Å². The molecular formula is C13H10Cl2N2O4S. The molecule has 9 heteroatoms. The van der Waals surface area contributed by atoms with Crippen molar-refractivity contribution in [3.05, 3.63) is 30.2 Å². The summed E-state index contributed by atoms with van der Waals surface area (Å²) in [4.78, 5) is 0.00575. The Hall–Kier alpha value is -1.75. The molecular weight excluding hydrogens is 351 g/mol. The van der Waals surface area contributed by atoms with Gasteiger partial charge in [0, 0.05) is 18.7 Å². The van der Waals surface area contributed by atoms with E-state index in [1.807, 2.05) is 0 Å². The lowest BCUT2D eigenvalue weighted by atomic mass is 10.1. The molecule has 1 aromatic carbocycles. The zero-order chi connectivity index (χ0) is 16.4. The number of aromatic nitrogens is 2. The molecule has 0 bridgehead atoms. The Labute approximate surface area is 137 Å². The number of sulfone groups is 1. The predicted octanol–water partition coefficient (Wildman–Crippen LogP) is 2.73. The van der Waals surface area contributed by atoms with E-state index in [1.54, 1.807) is 6.92 Å². The number of nitrogens with zero attached hydrogens (tertiary/aromatic N) is 2. The van der Waals surface area contributed by atoms with Gasteiger partial charge < -0.3 is 9.15 Å². The first-order valence-electron chi connectivity index (χ1n) is 5.84. The molecule has 0 amide bonds. The van der Waals surface area contributed by atoms with Crippen LogP contribution in [0.1, 0.15) is 12.5 Å². The Bertz CT molecular complexity index is 837. The van der Waals surface area contributed by atoms with Gasteiger partial charge in [0.15, 0.2) is 9.84 Å². The second-order valence-corrected chi connectivity index (χ2v) is 7.44. The molecule has 0 saturated heterocycles. The largest absolute Gasteiger partial charge is 0.423 e. The Morgan fingerprint density at radius 2 is 2.09 bits per heavy atom. The minimum atomic E-state index is -3.52. The van der Waals surface area contributed by atoms with Crippen molar-refractivity contribution in [1.82, 2.24) is 10.2 Å². The predicted molar refractivity (Wildman–Crippen MR) is 80.8 cm³/mol. The molecule has 0 saturated carbocycles. The normalized spacial score (nSPS) is 11.6. The SMILES string of the molecule is CC#COC(Cl)(Cl)c1ccc(S(C)(=O)=O)c(-c2nnco2)c1.